The zero-order chi connectivity index (χ0) is 31.0. The molecule has 0 spiro atoms. The molecule has 0 heterocycles. The second kappa shape index (κ2) is 16.5. The van der Waals surface area contributed by atoms with E-state index < -0.39 is 36.0 Å². The predicted octanol–water partition coefficient (Wildman–Crippen LogP) is 13.9. The fraction of sp³-hybridized carbons (Fsp3) is 0.789. The van der Waals surface area contributed by atoms with E-state index in [1.54, 1.807) is 36.0 Å². The van der Waals surface area contributed by atoms with Crippen molar-refractivity contribution in [2.24, 2.45) is 23.7 Å². The Bertz CT molecular complexity index is 958. The van der Waals surface area contributed by atoms with Crippen molar-refractivity contribution < 1.29 is 20.8 Å². The van der Waals surface area contributed by atoms with Gasteiger partial charge in [-0.15, -0.1) is 0 Å². The van der Waals surface area contributed by atoms with Crippen LogP contribution in [-0.4, -0.2) is 15.2 Å². The Kier molecular flexibility index (Phi) is 16.2. The number of rotatable bonds is 6. The Balaban J connectivity index is 0.00000177. The monoisotopic (exact) mass is 742 g/mol. The number of fused-ring (bicyclic) bond motifs is 1. The summed E-state index contributed by atoms with van der Waals surface area (Å²) < 4.78 is 0. The van der Waals surface area contributed by atoms with Gasteiger partial charge in [0.05, 0.1) is 0 Å². The molecule has 3 aliphatic carbocycles. The Hall–Kier alpha value is 1.12. The van der Waals surface area contributed by atoms with Gasteiger partial charge < -0.3 is 14.9 Å². The van der Waals surface area contributed by atoms with E-state index in [0.29, 0.717) is 0 Å². The van der Waals surface area contributed by atoms with Gasteiger partial charge in [-0.1, -0.05) is 138 Å². The molecule has 0 bridgehead atoms. The normalized spacial score (nSPS) is 27.8. The van der Waals surface area contributed by atoms with Crippen LogP contribution in [0.3, 0.4) is 0 Å². The molecule has 5 heteroatoms. The fourth-order valence-corrected chi connectivity index (χ4v) is 23.5. The number of hydrogen-bond acceptors (Lipinski definition) is 0. The van der Waals surface area contributed by atoms with Crippen LogP contribution in [0.25, 0.3) is 0 Å². The Labute approximate surface area is 291 Å². The predicted molar refractivity (Wildman–Crippen MR) is 200 cm³/mol. The number of halogens is 2. The molecule has 0 aliphatic heterocycles. The zero-order valence-electron chi connectivity index (χ0n) is 30.9. The van der Waals surface area contributed by atoms with Crippen molar-refractivity contribution in [1.82, 2.24) is 0 Å². The van der Waals surface area contributed by atoms with Crippen molar-refractivity contribution in [1.29, 1.82) is 0 Å². The minimum atomic E-state index is -1.31. The Morgan fingerprint density at radius 3 is 1.77 bits per heavy atom. The van der Waals surface area contributed by atoms with Crippen LogP contribution in [-0.2, 0) is 31.7 Å². The summed E-state index contributed by atoms with van der Waals surface area (Å²) in [6.07, 6.45) is 13.6. The van der Waals surface area contributed by atoms with Crippen molar-refractivity contribution in [3.8, 4) is 0 Å². The van der Waals surface area contributed by atoms with Gasteiger partial charge in [-0.3, -0.25) is 0 Å². The molecule has 0 N–H and O–H groups in total. The summed E-state index contributed by atoms with van der Waals surface area (Å²) >= 11 is -0.826. The number of benzene rings is 1. The van der Waals surface area contributed by atoms with E-state index in [2.05, 4.69) is 99.8 Å². The molecule has 3 saturated carbocycles. The van der Waals surface area contributed by atoms with E-state index in [0.717, 1.165) is 40.7 Å². The van der Waals surface area contributed by atoms with Crippen LogP contribution in [0, 0.1) is 38.5 Å². The third-order valence-electron chi connectivity index (χ3n) is 12.5. The molecule has 248 valence electrons. The molecule has 0 saturated heterocycles. The molecule has 1 aromatic rings. The molecule has 43 heavy (non-hydrogen) atoms. The van der Waals surface area contributed by atoms with Crippen LogP contribution in [0.4, 0.5) is 0 Å². The van der Waals surface area contributed by atoms with Crippen molar-refractivity contribution in [3.63, 3.8) is 0 Å². The topological polar surface area (TPSA) is 0 Å². The summed E-state index contributed by atoms with van der Waals surface area (Å²) in [5.41, 5.74) is 7.40. The molecule has 0 amide bonds. The van der Waals surface area contributed by atoms with E-state index >= 15 is 0 Å². The van der Waals surface area contributed by atoms with E-state index in [-0.39, 0.29) is 25.7 Å². The molecular formula is C38H70Cl2Si2Zr. The summed E-state index contributed by atoms with van der Waals surface area (Å²) in [6.45, 7) is 30.8. The van der Waals surface area contributed by atoms with Crippen LogP contribution in [0.1, 0.15) is 136 Å². The van der Waals surface area contributed by atoms with E-state index in [9.17, 15) is 0 Å². The van der Waals surface area contributed by atoms with Gasteiger partial charge in [-0.05, 0) is 87.5 Å². The molecule has 3 aliphatic rings. The summed E-state index contributed by atoms with van der Waals surface area (Å²) in [5, 5.41) is 0. The van der Waals surface area contributed by atoms with Crippen LogP contribution in [0.15, 0.2) is 18.2 Å². The molecule has 0 nitrogen and oxygen atoms in total. The van der Waals surface area contributed by atoms with Crippen molar-refractivity contribution in [2.75, 3.05) is 0 Å². The first kappa shape index (κ1) is 42.1. The molecular weight excluding hydrogens is 675 g/mol. The van der Waals surface area contributed by atoms with E-state index in [4.69, 9.17) is 17.0 Å². The third kappa shape index (κ3) is 9.83. The maximum absolute atomic E-state index is 4.93. The first-order chi connectivity index (χ1) is 18.8. The first-order valence-electron chi connectivity index (χ1n) is 17.0. The summed E-state index contributed by atoms with van der Waals surface area (Å²) in [4.78, 5) is 0. The molecule has 6 atom stereocenters. The standard InChI is InChI=1S/C36H64Si2.2CH3.2ClH.Zr/c1-25(2)20-26-16-17-30(21-26)37(9,10)38(11,12)34-19-18-32-31(14-13-15-33(32)34)27-22-28(35(3,4)5)24-29(23-27)36(6,7)8;;;;;/h22-26,30-34H,13-21H2,1-12H3;2*1H3;2*1H;/q;2*-1;;;+4/p-2. The first-order valence-corrected chi connectivity index (χ1v) is 30.4. The van der Waals surface area contributed by atoms with Crippen LogP contribution < -0.4 is 0 Å². The van der Waals surface area contributed by atoms with Crippen LogP contribution in [0.2, 0.25) is 37.3 Å². The van der Waals surface area contributed by atoms with Gasteiger partial charge >= 0.3 is 37.9 Å². The second-order valence-corrected chi connectivity index (χ2v) is 37.8. The van der Waals surface area contributed by atoms with E-state index in [1.807, 2.05) is 0 Å². The number of hydrogen-bond donors (Lipinski definition) is 0. The second-order valence-electron chi connectivity index (χ2n) is 17.9. The molecule has 1 aromatic carbocycles. The van der Waals surface area contributed by atoms with Gasteiger partial charge in [0.1, 0.15) is 0 Å². The fourth-order valence-electron chi connectivity index (χ4n) is 9.46. The molecule has 6 unspecified atom stereocenters. The summed E-state index contributed by atoms with van der Waals surface area (Å²) in [7, 11) is 7.29. The Morgan fingerprint density at radius 2 is 1.28 bits per heavy atom. The minimum absolute atomic E-state index is 0. The van der Waals surface area contributed by atoms with Crippen molar-refractivity contribution in [3.05, 3.63) is 49.7 Å². The van der Waals surface area contributed by atoms with Gasteiger partial charge in [0.15, 0.2) is 0 Å². The van der Waals surface area contributed by atoms with Crippen molar-refractivity contribution >= 4 is 32.2 Å². The zero-order valence-corrected chi connectivity index (χ0v) is 36.9. The summed E-state index contributed by atoms with van der Waals surface area (Å²) in [6, 6.07) is 7.81. The Morgan fingerprint density at radius 1 is 0.744 bits per heavy atom. The van der Waals surface area contributed by atoms with Gasteiger partial charge in [-0.2, -0.15) is 0 Å². The molecule has 4 rings (SSSR count). The van der Waals surface area contributed by atoms with Gasteiger partial charge in [0.25, 0.3) is 0 Å². The molecule has 0 aromatic heterocycles. The molecule has 3 fully saturated rings. The average Bonchev–Trinajstić information content (AvgIpc) is 3.50. The van der Waals surface area contributed by atoms with Crippen LogP contribution >= 0.6 is 17.0 Å². The average molecular weight is 745 g/mol. The van der Waals surface area contributed by atoms with E-state index in [1.165, 1.54) is 38.5 Å². The summed E-state index contributed by atoms with van der Waals surface area (Å²) in [5.74, 6) is 4.63. The maximum atomic E-state index is 4.93. The SMILES string of the molecule is CC(C)CC1CCC([Si](C)(C)[Si](C)(C)C2CCC3C(c4cc(C(C)(C)C)cc(C(C)(C)C)c4)CCCC32)C1.[CH3-].[CH3-].[Cl][Zr+2][Cl]. The third-order valence-corrected chi connectivity index (χ3v) is 33.3. The molecule has 0 radical (unpaired) electrons. The van der Waals surface area contributed by atoms with Crippen LogP contribution in [0.5, 0.6) is 0 Å². The van der Waals surface area contributed by atoms with Gasteiger partial charge in [0.2, 0.25) is 0 Å². The van der Waals surface area contributed by atoms with Gasteiger partial charge in [0, 0.05) is 15.2 Å². The quantitative estimate of drug-likeness (QED) is 0.201. The van der Waals surface area contributed by atoms with Crippen molar-refractivity contribution in [2.45, 2.75) is 167 Å². The van der Waals surface area contributed by atoms with Gasteiger partial charge in [-0.25, -0.2) is 0 Å².